The van der Waals surface area contributed by atoms with Gasteiger partial charge in [0.25, 0.3) is 0 Å². The molecule has 0 aromatic heterocycles. The average molecular weight is 372 g/mol. The molecule has 1 fully saturated rings. The van der Waals surface area contributed by atoms with Crippen LogP contribution < -0.4 is 0 Å². The largest absolute Gasteiger partial charge is 0.313 e. The van der Waals surface area contributed by atoms with Crippen LogP contribution in [0.3, 0.4) is 0 Å². The molecule has 0 radical (unpaired) electrons. The van der Waals surface area contributed by atoms with E-state index >= 15 is 0 Å². The van der Waals surface area contributed by atoms with E-state index in [9.17, 15) is 27.2 Å². The number of allylic oxidation sites excluding steroid dienone is 4. The Labute approximate surface area is 150 Å². The molecule has 2 bridgehead atoms. The van der Waals surface area contributed by atoms with Crippen LogP contribution in [0.2, 0.25) is 0 Å². The first-order chi connectivity index (χ1) is 11.5. The molecule has 4 aliphatic rings. The van der Waals surface area contributed by atoms with Gasteiger partial charge in [0.1, 0.15) is 0 Å². The van der Waals surface area contributed by atoms with Gasteiger partial charge in [0, 0.05) is 5.92 Å². The van der Waals surface area contributed by atoms with Crippen LogP contribution in [0.25, 0.3) is 0 Å². The Balaban J connectivity index is 2.33. The molecule has 4 unspecified atom stereocenters. The van der Waals surface area contributed by atoms with Gasteiger partial charge in [0.05, 0.1) is 17.8 Å². The third-order valence-corrected chi connectivity index (χ3v) is 5.98. The summed E-state index contributed by atoms with van der Waals surface area (Å²) >= 11 is 0. The standard InChI is InChI=1S/C20H24F4O2/c1-17(2,3)9-7-11-15-13(14(9)16(26)19(11,21)22)10(18(4,5)6)8-12(25)20(15,23)24/h7-8,11,13-15H,1-6H3. The number of hydrogen-bond donors (Lipinski definition) is 0. The predicted octanol–water partition coefficient (Wildman–Crippen LogP) is 4.85. The van der Waals surface area contributed by atoms with Gasteiger partial charge in [0.2, 0.25) is 11.6 Å². The van der Waals surface area contributed by atoms with Gasteiger partial charge < -0.3 is 0 Å². The second kappa shape index (κ2) is 5.08. The number of fused-ring (bicyclic) bond motifs is 1. The number of alkyl halides is 4. The minimum atomic E-state index is -3.91. The van der Waals surface area contributed by atoms with Crippen LogP contribution in [-0.4, -0.2) is 23.4 Å². The van der Waals surface area contributed by atoms with Crippen molar-refractivity contribution in [1.82, 2.24) is 0 Å². The van der Waals surface area contributed by atoms with E-state index in [-0.39, 0.29) is 0 Å². The van der Waals surface area contributed by atoms with Crippen LogP contribution >= 0.6 is 0 Å². The van der Waals surface area contributed by atoms with Crippen molar-refractivity contribution in [2.45, 2.75) is 53.4 Å². The molecule has 0 saturated heterocycles. The van der Waals surface area contributed by atoms with Crippen molar-refractivity contribution in [3.05, 3.63) is 23.3 Å². The summed E-state index contributed by atoms with van der Waals surface area (Å²) in [5, 5.41) is 0. The van der Waals surface area contributed by atoms with Crippen LogP contribution in [-0.2, 0) is 9.59 Å². The van der Waals surface area contributed by atoms with E-state index in [2.05, 4.69) is 0 Å². The van der Waals surface area contributed by atoms with Crippen LogP contribution in [0.15, 0.2) is 23.3 Å². The molecule has 0 aliphatic heterocycles. The summed E-state index contributed by atoms with van der Waals surface area (Å²) in [5.74, 6) is -16.8. The van der Waals surface area contributed by atoms with Gasteiger partial charge in [-0.3, -0.25) is 9.59 Å². The van der Waals surface area contributed by atoms with E-state index < -0.39 is 57.9 Å². The van der Waals surface area contributed by atoms with Crippen molar-refractivity contribution in [2.24, 2.45) is 34.5 Å². The van der Waals surface area contributed by atoms with Crippen LogP contribution in [0.1, 0.15) is 41.5 Å². The van der Waals surface area contributed by atoms with E-state index in [0.29, 0.717) is 11.1 Å². The Morgan fingerprint density at radius 1 is 0.846 bits per heavy atom. The Morgan fingerprint density at radius 3 is 1.81 bits per heavy atom. The number of hydrogen-bond acceptors (Lipinski definition) is 2. The molecule has 0 amide bonds. The Kier molecular flexibility index (Phi) is 3.77. The van der Waals surface area contributed by atoms with Gasteiger partial charge in [-0.1, -0.05) is 58.8 Å². The topological polar surface area (TPSA) is 34.1 Å². The lowest BCUT2D eigenvalue weighted by molar-refractivity contribution is -0.201. The molecule has 0 aromatic carbocycles. The number of ketones is 2. The van der Waals surface area contributed by atoms with Gasteiger partial charge in [0.15, 0.2) is 0 Å². The second-order valence-corrected chi connectivity index (χ2v) is 9.75. The third-order valence-electron chi connectivity index (χ3n) is 5.98. The summed E-state index contributed by atoms with van der Waals surface area (Å²) in [5.41, 5.74) is -0.461. The molecule has 0 N–H and O–H groups in total. The van der Waals surface area contributed by atoms with E-state index in [1.807, 2.05) is 0 Å². The summed E-state index contributed by atoms with van der Waals surface area (Å²) < 4.78 is 58.9. The highest BCUT2D eigenvalue weighted by atomic mass is 19.3. The maximum atomic E-state index is 14.8. The number of halogens is 4. The Hall–Kier alpha value is -1.46. The molecule has 4 aliphatic carbocycles. The number of Topliss-reactive ketones (excluding diaryl/α,β-unsaturated/α-hetero) is 1. The monoisotopic (exact) mass is 372 g/mol. The molecule has 0 heterocycles. The first-order valence-electron chi connectivity index (χ1n) is 8.81. The number of carbonyl (C=O) groups excluding carboxylic acids is 2. The fourth-order valence-corrected chi connectivity index (χ4v) is 4.79. The van der Waals surface area contributed by atoms with E-state index in [4.69, 9.17) is 0 Å². The van der Waals surface area contributed by atoms with E-state index in [0.717, 1.165) is 12.2 Å². The van der Waals surface area contributed by atoms with Gasteiger partial charge in [-0.25, -0.2) is 0 Å². The maximum Gasteiger partial charge on any atom is 0.313 e. The van der Waals surface area contributed by atoms with Crippen molar-refractivity contribution in [3.8, 4) is 0 Å². The summed E-state index contributed by atoms with van der Waals surface area (Å²) in [6, 6.07) is 0. The number of rotatable bonds is 0. The third kappa shape index (κ3) is 2.36. The second-order valence-electron chi connectivity index (χ2n) is 9.75. The number of carbonyl (C=O) groups is 2. The van der Waals surface area contributed by atoms with Crippen molar-refractivity contribution >= 4 is 11.6 Å². The average Bonchev–Trinajstić information content (AvgIpc) is 2.44. The lowest BCUT2D eigenvalue weighted by atomic mass is 9.47. The molecule has 2 nitrogen and oxygen atoms in total. The van der Waals surface area contributed by atoms with E-state index in [1.54, 1.807) is 41.5 Å². The molecule has 4 rings (SSSR count). The quantitative estimate of drug-likeness (QED) is 0.450. The highest BCUT2D eigenvalue weighted by Crippen LogP contribution is 2.64. The van der Waals surface area contributed by atoms with Gasteiger partial charge in [-0.2, -0.15) is 17.6 Å². The molecule has 144 valence electrons. The Bertz CT molecular complexity index is 747. The minimum Gasteiger partial charge on any atom is -0.292 e. The van der Waals surface area contributed by atoms with Gasteiger partial charge in [-0.05, 0) is 16.9 Å². The molecular weight excluding hydrogens is 348 g/mol. The Morgan fingerprint density at radius 2 is 1.35 bits per heavy atom. The molecule has 1 saturated carbocycles. The van der Waals surface area contributed by atoms with Crippen molar-refractivity contribution in [3.63, 3.8) is 0 Å². The normalized spacial score (nSPS) is 35.8. The smallest absolute Gasteiger partial charge is 0.292 e. The van der Waals surface area contributed by atoms with Gasteiger partial charge >= 0.3 is 11.8 Å². The first-order valence-corrected chi connectivity index (χ1v) is 8.81. The van der Waals surface area contributed by atoms with Crippen LogP contribution in [0.5, 0.6) is 0 Å². The lowest BCUT2D eigenvalue weighted by Gasteiger charge is -2.57. The zero-order chi connectivity index (χ0) is 20.0. The zero-order valence-corrected chi connectivity index (χ0v) is 15.8. The van der Waals surface area contributed by atoms with Crippen molar-refractivity contribution in [2.75, 3.05) is 0 Å². The fourth-order valence-electron chi connectivity index (χ4n) is 4.79. The molecule has 0 aromatic rings. The van der Waals surface area contributed by atoms with Gasteiger partial charge in [-0.15, -0.1) is 0 Å². The van der Waals surface area contributed by atoms with Crippen molar-refractivity contribution < 1.29 is 27.2 Å². The summed E-state index contributed by atoms with van der Waals surface area (Å²) in [6.45, 7) is 10.6. The summed E-state index contributed by atoms with van der Waals surface area (Å²) in [4.78, 5) is 24.7. The minimum absolute atomic E-state index is 0.368. The van der Waals surface area contributed by atoms with Crippen molar-refractivity contribution in [1.29, 1.82) is 0 Å². The molecule has 6 heteroatoms. The van der Waals surface area contributed by atoms with E-state index in [1.165, 1.54) is 0 Å². The molecule has 0 spiro atoms. The molecule has 4 atom stereocenters. The summed E-state index contributed by atoms with van der Waals surface area (Å²) in [6.07, 6.45) is 2.05. The molecular formula is C20H24F4O2. The zero-order valence-electron chi connectivity index (χ0n) is 15.8. The summed E-state index contributed by atoms with van der Waals surface area (Å²) in [7, 11) is 0. The highest BCUT2D eigenvalue weighted by Gasteiger charge is 2.73. The lowest BCUT2D eigenvalue weighted by Crippen LogP contribution is -2.66. The fraction of sp³-hybridized carbons (Fsp3) is 0.700. The predicted molar refractivity (Wildman–Crippen MR) is 88.9 cm³/mol. The SMILES string of the molecule is CC(C)(C)C1=CC2C3C(C(C(C)(C)C)=CC(=O)C3(F)F)C1C(=O)C2(F)F. The molecule has 26 heavy (non-hydrogen) atoms. The maximum absolute atomic E-state index is 14.8. The van der Waals surface area contributed by atoms with Crippen LogP contribution in [0.4, 0.5) is 17.6 Å². The highest BCUT2D eigenvalue weighted by molar-refractivity contribution is 6.01. The van der Waals surface area contributed by atoms with Crippen LogP contribution in [0, 0.1) is 34.5 Å². The first kappa shape index (κ1) is 19.3.